The Balaban J connectivity index is 2.38. The number of pyridine rings is 1. The molecule has 0 bridgehead atoms. The third-order valence-corrected chi connectivity index (χ3v) is 4.42. The third-order valence-electron chi connectivity index (χ3n) is 2.39. The van der Waals surface area contributed by atoms with Gasteiger partial charge in [-0.2, -0.15) is 0 Å². The van der Waals surface area contributed by atoms with Gasteiger partial charge in [0.15, 0.2) is 0 Å². The number of rotatable bonds is 3. The van der Waals surface area contributed by atoms with E-state index in [1.807, 2.05) is 24.4 Å². The summed E-state index contributed by atoms with van der Waals surface area (Å²) in [6.07, 6.45) is 4.00. The molecule has 0 atom stereocenters. The number of hydrogen-bond donors (Lipinski definition) is 0. The minimum atomic E-state index is 0.396. The van der Waals surface area contributed by atoms with Gasteiger partial charge in [-0.25, -0.2) is 0 Å². The van der Waals surface area contributed by atoms with Gasteiger partial charge in [-0.1, -0.05) is 30.0 Å². The summed E-state index contributed by atoms with van der Waals surface area (Å²) in [5, 5.41) is 1.20. The van der Waals surface area contributed by atoms with Gasteiger partial charge in [0.1, 0.15) is 0 Å². The molecule has 2 rings (SSSR count). The van der Waals surface area contributed by atoms with Gasteiger partial charge in [-0.05, 0) is 12.3 Å². The summed E-state index contributed by atoms with van der Waals surface area (Å²) in [5.74, 6) is 7.08. The molecule has 1 aromatic heterocycles. The van der Waals surface area contributed by atoms with Crippen molar-refractivity contribution in [2.45, 2.75) is 9.79 Å². The molecule has 0 unspecified atom stereocenters. The Morgan fingerprint density at radius 1 is 1.28 bits per heavy atom. The maximum atomic E-state index is 5.54. The fourth-order valence-electron chi connectivity index (χ4n) is 1.60. The van der Waals surface area contributed by atoms with Crippen molar-refractivity contribution >= 4 is 46.0 Å². The lowest BCUT2D eigenvalue weighted by Gasteiger charge is -2.08. The molecule has 18 heavy (non-hydrogen) atoms. The maximum absolute atomic E-state index is 5.54. The van der Waals surface area contributed by atoms with Crippen molar-refractivity contribution in [3.8, 4) is 11.8 Å². The van der Waals surface area contributed by atoms with E-state index in [0.717, 1.165) is 11.3 Å². The molecular formula is C14H12ClNS2. The number of fused-ring (bicyclic) bond motifs is 1. The van der Waals surface area contributed by atoms with Gasteiger partial charge in [-0.3, -0.25) is 4.98 Å². The molecule has 0 aliphatic carbocycles. The van der Waals surface area contributed by atoms with Crippen LogP contribution in [0.5, 0.6) is 0 Å². The number of aromatic nitrogens is 1. The number of benzene rings is 1. The lowest BCUT2D eigenvalue weighted by atomic mass is 10.2. The van der Waals surface area contributed by atoms with Gasteiger partial charge < -0.3 is 0 Å². The normalized spacial score (nSPS) is 10.1. The molecule has 1 aromatic carbocycles. The molecule has 0 aliphatic heterocycles. The molecular weight excluding hydrogens is 282 g/mol. The standard InChI is InChI=1S/C14H12ClNS2/c1-17-13-10-16-12-7-3-2-6-11(12)14(13)18-9-5-4-8-15/h2-3,6-7,10H,8-9H2,1H3. The Bertz CT molecular complexity index is 602. The molecule has 0 N–H and O–H groups in total. The highest BCUT2D eigenvalue weighted by Crippen LogP contribution is 2.34. The molecule has 0 radical (unpaired) electrons. The Kier molecular flexibility index (Phi) is 5.25. The molecule has 0 aliphatic rings. The van der Waals surface area contributed by atoms with Crippen LogP contribution < -0.4 is 0 Å². The van der Waals surface area contributed by atoms with E-state index in [2.05, 4.69) is 29.1 Å². The minimum absolute atomic E-state index is 0.396. The molecule has 1 heterocycles. The SMILES string of the molecule is CSc1cnc2ccccc2c1SCC#CCCl. The van der Waals surface area contributed by atoms with Crippen molar-refractivity contribution in [1.29, 1.82) is 0 Å². The molecule has 0 spiro atoms. The van der Waals surface area contributed by atoms with E-state index in [4.69, 9.17) is 11.6 Å². The molecule has 2 aromatic rings. The Hall–Kier alpha value is -0.820. The second-order valence-corrected chi connectivity index (χ2v) is 5.55. The molecule has 0 saturated heterocycles. The van der Waals surface area contributed by atoms with Crippen molar-refractivity contribution in [2.75, 3.05) is 17.9 Å². The average molecular weight is 294 g/mol. The molecule has 0 amide bonds. The second kappa shape index (κ2) is 6.94. The summed E-state index contributed by atoms with van der Waals surface area (Å²) in [5.41, 5.74) is 1.03. The van der Waals surface area contributed by atoms with Gasteiger partial charge in [0.25, 0.3) is 0 Å². The van der Waals surface area contributed by atoms with Crippen LogP contribution in [0.25, 0.3) is 10.9 Å². The number of hydrogen-bond acceptors (Lipinski definition) is 3. The van der Waals surface area contributed by atoms with Gasteiger partial charge in [0, 0.05) is 21.4 Å². The van der Waals surface area contributed by atoms with Gasteiger partial charge >= 0.3 is 0 Å². The minimum Gasteiger partial charge on any atom is -0.255 e. The van der Waals surface area contributed by atoms with Crippen molar-refractivity contribution in [1.82, 2.24) is 4.98 Å². The zero-order valence-corrected chi connectivity index (χ0v) is 12.3. The number of para-hydroxylation sites is 1. The number of nitrogens with zero attached hydrogens (tertiary/aromatic N) is 1. The third kappa shape index (κ3) is 3.14. The zero-order valence-electron chi connectivity index (χ0n) is 9.94. The summed E-state index contributed by atoms with van der Waals surface area (Å²) >= 11 is 9.00. The maximum Gasteiger partial charge on any atom is 0.0835 e. The van der Waals surface area contributed by atoms with E-state index in [1.54, 1.807) is 23.5 Å². The first-order chi connectivity index (χ1) is 8.86. The van der Waals surface area contributed by atoms with Crippen LogP contribution in [0.15, 0.2) is 40.3 Å². The first kappa shape index (κ1) is 13.6. The highest BCUT2D eigenvalue weighted by Gasteiger charge is 2.07. The van der Waals surface area contributed by atoms with Gasteiger partial charge in [-0.15, -0.1) is 35.1 Å². The lowest BCUT2D eigenvalue weighted by Crippen LogP contribution is -1.87. The lowest BCUT2D eigenvalue weighted by molar-refractivity contribution is 1.20. The van der Waals surface area contributed by atoms with Crippen LogP contribution in [-0.4, -0.2) is 22.9 Å². The van der Waals surface area contributed by atoms with E-state index >= 15 is 0 Å². The smallest absolute Gasteiger partial charge is 0.0835 e. The van der Waals surface area contributed by atoms with E-state index in [9.17, 15) is 0 Å². The van der Waals surface area contributed by atoms with Crippen molar-refractivity contribution < 1.29 is 0 Å². The predicted molar refractivity (Wildman–Crippen MR) is 82.7 cm³/mol. The largest absolute Gasteiger partial charge is 0.255 e. The summed E-state index contributed by atoms with van der Waals surface area (Å²) in [6.45, 7) is 0. The Morgan fingerprint density at radius 2 is 2.11 bits per heavy atom. The number of thioether (sulfide) groups is 2. The van der Waals surface area contributed by atoms with Crippen molar-refractivity contribution in [3.63, 3.8) is 0 Å². The molecule has 0 saturated carbocycles. The molecule has 0 fully saturated rings. The molecule has 4 heteroatoms. The van der Waals surface area contributed by atoms with Crippen LogP contribution in [0.3, 0.4) is 0 Å². The van der Waals surface area contributed by atoms with Crippen LogP contribution in [0.4, 0.5) is 0 Å². The summed E-state index contributed by atoms with van der Waals surface area (Å²) in [7, 11) is 0. The van der Waals surface area contributed by atoms with Crippen LogP contribution in [0.1, 0.15) is 0 Å². The highest BCUT2D eigenvalue weighted by molar-refractivity contribution is 8.02. The average Bonchev–Trinajstić information content (AvgIpc) is 2.43. The second-order valence-electron chi connectivity index (χ2n) is 3.45. The number of alkyl halides is 1. The van der Waals surface area contributed by atoms with Gasteiger partial charge in [0.2, 0.25) is 0 Å². The van der Waals surface area contributed by atoms with Gasteiger partial charge in [0.05, 0.1) is 17.1 Å². The van der Waals surface area contributed by atoms with Crippen LogP contribution in [0.2, 0.25) is 0 Å². The quantitative estimate of drug-likeness (QED) is 0.476. The summed E-state index contributed by atoms with van der Waals surface area (Å²) < 4.78 is 0. The van der Waals surface area contributed by atoms with E-state index < -0.39 is 0 Å². The summed E-state index contributed by atoms with van der Waals surface area (Å²) in [6, 6.07) is 8.20. The van der Waals surface area contributed by atoms with E-state index in [0.29, 0.717) is 5.88 Å². The highest BCUT2D eigenvalue weighted by atomic mass is 35.5. The first-order valence-corrected chi connectivity index (χ1v) is 8.17. The first-order valence-electron chi connectivity index (χ1n) is 5.43. The fraction of sp³-hybridized carbons (Fsp3) is 0.214. The number of halogens is 1. The Labute approximate surface area is 121 Å². The van der Waals surface area contributed by atoms with Crippen molar-refractivity contribution in [3.05, 3.63) is 30.5 Å². The molecule has 92 valence electrons. The van der Waals surface area contributed by atoms with E-state index in [-0.39, 0.29) is 0 Å². The van der Waals surface area contributed by atoms with Crippen LogP contribution in [-0.2, 0) is 0 Å². The topological polar surface area (TPSA) is 12.9 Å². The van der Waals surface area contributed by atoms with Crippen molar-refractivity contribution in [2.24, 2.45) is 0 Å². The fourth-order valence-corrected chi connectivity index (χ4v) is 3.41. The predicted octanol–water partition coefficient (Wildman–Crippen LogP) is 4.29. The van der Waals surface area contributed by atoms with Crippen LogP contribution >= 0.6 is 35.1 Å². The monoisotopic (exact) mass is 293 g/mol. The molecule has 1 nitrogen and oxygen atoms in total. The van der Waals surface area contributed by atoms with E-state index in [1.165, 1.54) is 15.2 Å². The van der Waals surface area contributed by atoms with Crippen LogP contribution in [0, 0.1) is 11.8 Å². The Morgan fingerprint density at radius 3 is 2.89 bits per heavy atom. The summed E-state index contributed by atoms with van der Waals surface area (Å²) in [4.78, 5) is 6.93. The zero-order chi connectivity index (χ0) is 12.8.